The molecule has 0 saturated carbocycles. The summed E-state index contributed by atoms with van der Waals surface area (Å²) in [5.74, 6) is -2.18. The van der Waals surface area contributed by atoms with Crippen LogP contribution < -0.4 is 0 Å². The summed E-state index contributed by atoms with van der Waals surface area (Å²) in [6, 6.07) is 14.3. The number of phenols is 1. The zero-order chi connectivity index (χ0) is 15.0. The minimum atomic E-state index is -1.03. The largest absolute Gasteiger partial charge is 0.504 e. The Morgan fingerprint density at radius 2 is 1.67 bits per heavy atom. The summed E-state index contributed by atoms with van der Waals surface area (Å²) in [5, 5.41) is 20.5. The lowest BCUT2D eigenvalue weighted by Gasteiger charge is -2.10. The van der Waals surface area contributed by atoms with Crippen molar-refractivity contribution in [3.8, 4) is 16.9 Å². The van der Waals surface area contributed by atoms with E-state index in [0.29, 0.717) is 16.5 Å². The number of fused-ring (bicyclic) bond motifs is 1. The molecule has 3 nitrogen and oxygen atoms in total. The Kier molecular flexibility index (Phi) is 3.06. The summed E-state index contributed by atoms with van der Waals surface area (Å²) in [6.07, 6.45) is 0. The van der Waals surface area contributed by atoms with Crippen molar-refractivity contribution < 1.29 is 19.4 Å². The summed E-state index contributed by atoms with van der Waals surface area (Å²) in [5.41, 5.74) is 1.07. The van der Waals surface area contributed by atoms with Crippen LogP contribution in [0.4, 0.5) is 4.39 Å². The number of rotatable bonds is 2. The van der Waals surface area contributed by atoms with E-state index in [1.807, 2.05) is 6.07 Å². The van der Waals surface area contributed by atoms with Crippen molar-refractivity contribution in [1.29, 1.82) is 0 Å². The zero-order valence-corrected chi connectivity index (χ0v) is 10.9. The molecular weight excluding hydrogens is 271 g/mol. The van der Waals surface area contributed by atoms with E-state index in [9.17, 15) is 14.3 Å². The Bertz CT molecular complexity index is 856. The maximum absolute atomic E-state index is 13.5. The van der Waals surface area contributed by atoms with Gasteiger partial charge in [-0.05, 0) is 34.5 Å². The number of aromatic hydroxyl groups is 1. The Hall–Kier alpha value is -2.88. The molecule has 0 amide bonds. The highest BCUT2D eigenvalue weighted by Crippen LogP contribution is 2.36. The molecule has 0 fully saturated rings. The number of carboxylic acid groups (broad SMARTS) is 1. The topological polar surface area (TPSA) is 57.5 Å². The molecule has 0 unspecified atom stereocenters. The Morgan fingerprint density at radius 1 is 0.952 bits per heavy atom. The zero-order valence-electron chi connectivity index (χ0n) is 10.9. The van der Waals surface area contributed by atoms with Gasteiger partial charge < -0.3 is 10.2 Å². The van der Waals surface area contributed by atoms with Gasteiger partial charge in [0.1, 0.15) is 0 Å². The third kappa shape index (κ3) is 2.21. The predicted molar refractivity (Wildman–Crippen MR) is 78.0 cm³/mol. The van der Waals surface area contributed by atoms with Crippen LogP contribution >= 0.6 is 0 Å². The van der Waals surface area contributed by atoms with E-state index in [1.54, 1.807) is 24.3 Å². The van der Waals surface area contributed by atoms with Gasteiger partial charge in [0.2, 0.25) is 0 Å². The van der Waals surface area contributed by atoms with Crippen molar-refractivity contribution in [3.63, 3.8) is 0 Å². The quantitative estimate of drug-likeness (QED) is 0.745. The van der Waals surface area contributed by atoms with Gasteiger partial charge >= 0.3 is 5.97 Å². The highest BCUT2D eigenvalue weighted by Gasteiger charge is 2.13. The summed E-state index contributed by atoms with van der Waals surface area (Å²) in [7, 11) is 0. The fourth-order valence-corrected chi connectivity index (χ4v) is 2.37. The van der Waals surface area contributed by atoms with Crippen molar-refractivity contribution in [2.24, 2.45) is 0 Å². The predicted octanol–water partition coefficient (Wildman–Crippen LogP) is 4.05. The fourth-order valence-electron chi connectivity index (χ4n) is 2.37. The fraction of sp³-hybridized carbons (Fsp3) is 0. The van der Waals surface area contributed by atoms with Crippen LogP contribution in [0.2, 0.25) is 0 Å². The van der Waals surface area contributed by atoms with Crippen LogP contribution in [0.1, 0.15) is 10.4 Å². The molecule has 0 aromatic heterocycles. The molecule has 21 heavy (non-hydrogen) atoms. The first-order valence-electron chi connectivity index (χ1n) is 6.32. The molecule has 0 aliphatic rings. The number of para-hydroxylation sites is 1. The van der Waals surface area contributed by atoms with Crippen molar-refractivity contribution >= 4 is 16.7 Å². The maximum atomic E-state index is 13.5. The molecule has 0 radical (unpaired) electrons. The third-order valence-corrected chi connectivity index (χ3v) is 3.41. The minimum absolute atomic E-state index is 0.144. The number of benzene rings is 3. The molecular formula is C17H11FO3. The normalized spacial score (nSPS) is 10.7. The van der Waals surface area contributed by atoms with Gasteiger partial charge in [0.05, 0.1) is 5.56 Å². The van der Waals surface area contributed by atoms with Crippen molar-refractivity contribution in [2.45, 2.75) is 0 Å². The van der Waals surface area contributed by atoms with Gasteiger partial charge in [-0.15, -0.1) is 0 Å². The molecule has 0 saturated heterocycles. The van der Waals surface area contributed by atoms with E-state index >= 15 is 0 Å². The number of aromatic carboxylic acids is 1. The van der Waals surface area contributed by atoms with Gasteiger partial charge in [0, 0.05) is 5.56 Å². The molecule has 0 bridgehead atoms. The maximum Gasteiger partial charge on any atom is 0.335 e. The van der Waals surface area contributed by atoms with E-state index in [4.69, 9.17) is 5.11 Å². The summed E-state index contributed by atoms with van der Waals surface area (Å²) in [6.45, 7) is 0. The van der Waals surface area contributed by atoms with E-state index in [-0.39, 0.29) is 5.56 Å². The number of carbonyl (C=O) groups is 1. The molecule has 0 atom stereocenters. The van der Waals surface area contributed by atoms with Crippen LogP contribution in [0.5, 0.6) is 5.75 Å². The standard InChI is InChI=1S/C17H11FO3/c18-15-6-2-5-13(16(15)19)12-4-1-3-10-7-8-11(17(20)21)9-14(10)12/h1-9,19H,(H,20,21). The Balaban J connectivity index is 2.34. The third-order valence-electron chi connectivity index (χ3n) is 3.41. The van der Waals surface area contributed by atoms with Crippen LogP contribution in [0.3, 0.4) is 0 Å². The number of halogens is 1. The summed E-state index contributed by atoms with van der Waals surface area (Å²) < 4.78 is 13.5. The first-order valence-corrected chi connectivity index (χ1v) is 6.32. The van der Waals surface area contributed by atoms with Gasteiger partial charge in [0.25, 0.3) is 0 Å². The molecule has 0 aliphatic carbocycles. The molecule has 3 aromatic rings. The van der Waals surface area contributed by atoms with E-state index in [1.165, 1.54) is 24.3 Å². The van der Waals surface area contributed by atoms with Crippen LogP contribution in [0, 0.1) is 5.82 Å². The van der Waals surface area contributed by atoms with Crippen molar-refractivity contribution in [1.82, 2.24) is 0 Å². The van der Waals surface area contributed by atoms with Gasteiger partial charge in [-0.2, -0.15) is 0 Å². The van der Waals surface area contributed by atoms with Gasteiger partial charge in [-0.1, -0.05) is 36.4 Å². The van der Waals surface area contributed by atoms with Crippen LogP contribution in [0.25, 0.3) is 21.9 Å². The van der Waals surface area contributed by atoms with Crippen molar-refractivity contribution in [3.05, 3.63) is 66.0 Å². The minimum Gasteiger partial charge on any atom is -0.504 e. The van der Waals surface area contributed by atoms with Gasteiger partial charge in [0.15, 0.2) is 11.6 Å². The summed E-state index contributed by atoms with van der Waals surface area (Å²) in [4.78, 5) is 11.1. The molecule has 3 aromatic carbocycles. The Morgan fingerprint density at radius 3 is 2.43 bits per heavy atom. The van der Waals surface area contributed by atoms with E-state index in [2.05, 4.69) is 0 Å². The van der Waals surface area contributed by atoms with Crippen molar-refractivity contribution in [2.75, 3.05) is 0 Å². The molecule has 4 heteroatoms. The number of hydrogen-bond acceptors (Lipinski definition) is 2. The highest BCUT2D eigenvalue weighted by atomic mass is 19.1. The second-order valence-electron chi connectivity index (χ2n) is 4.68. The van der Waals surface area contributed by atoms with Crippen LogP contribution in [-0.2, 0) is 0 Å². The Labute approximate surface area is 119 Å². The number of hydrogen-bond donors (Lipinski definition) is 2. The molecule has 0 aliphatic heterocycles. The smallest absolute Gasteiger partial charge is 0.335 e. The average Bonchev–Trinajstić information content (AvgIpc) is 2.49. The molecule has 2 N–H and O–H groups in total. The first-order chi connectivity index (χ1) is 10.1. The van der Waals surface area contributed by atoms with Crippen LogP contribution in [0.15, 0.2) is 54.6 Å². The number of carboxylic acids is 1. The second-order valence-corrected chi connectivity index (χ2v) is 4.68. The van der Waals surface area contributed by atoms with E-state index < -0.39 is 17.5 Å². The summed E-state index contributed by atoms with van der Waals surface area (Å²) >= 11 is 0. The second kappa shape index (κ2) is 4.90. The van der Waals surface area contributed by atoms with Gasteiger partial charge in [-0.3, -0.25) is 0 Å². The SMILES string of the molecule is O=C(O)c1ccc2cccc(-c3cccc(F)c3O)c2c1. The molecule has 0 spiro atoms. The highest BCUT2D eigenvalue weighted by molar-refractivity contribution is 6.02. The lowest BCUT2D eigenvalue weighted by molar-refractivity contribution is 0.0697. The number of phenolic OH excluding ortho intramolecular Hbond substituents is 1. The monoisotopic (exact) mass is 282 g/mol. The average molecular weight is 282 g/mol. The lowest BCUT2D eigenvalue weighted by atomic mass is 9.96. The van der Waals surface area contributed by atoms with E-state index in [0.717, 1.165) is 5.39 Å². The lowest BCUT2D eigenvalue weighted by Crippen LogP contribution is -1.96. The molecule has 104 valence electrons. The first kappa shape index (κ1) is 13.1. The van der Waals surface area contributed by atoms with Gasteiger partial charge in [-0.25, -0.2) is 9.18 Å². The molecule has 0 heterocycles. The van der Waals surface area contributed by atoms with Crippen LogP contribution in [-0.4, -0.2) is 16.2 Å². The molecule has 3 rings (SSSR count).